The molecule has 0 aliphatic carbocycles. The predicted octanol–water partition coefficient (Wildman–Crippen LogP) is 0.201. The van der Waals surface area contributed by atoms with Crippen molar-refractivity contribution in [3.8, 4) is 5.95 Å². The number of nitrogen functional groups attached to an aromatic ring is 1. The Hall–Kier alpha value is -2.29. The van der Waals surface area contributed by atoms with Gasteiger partial charge in [-0.25, -0.2) is 10.8 Å². The van der Waals surface area contributed by atoms with Crippen LogP contribution in [0.3, 0.4) is 0 Å². The van der Waals surface area contributed by atoms with E-state index in [1.807, 2.05) is 32.6 Å². The summed E-state index contributed by atoms with van der Waals surface area (Å²) in [4.78, 5) is 19.2. The first-order valence-electron chi connectivity index (χ1n) is 6.47. The lowest BCUT2D eigenvalue weighted by molar-refractivity contribution is 0.742. The van der Waals surface area contributed by atoms with Gasteiger partial charge in [0.1, 0.15) is 11.6 Å². The predicted molar refractivity (Wildman–Crippen MR) is 75.6 cm³/mol. The molecule has 108 valence electrons. The molecule has 0 bridgehead atoms. The van der Waals surface area contributed by atoms with Crippen LogP contribution < -0.4 is 16.2 Å². The highest BCUT2D eigenvalue weighted by Gasteiger charge is 2.14. The zero-order valence-corrected chi connectivity index (χ0v) is 12.1. The second-order valence-corrected chi connectivity index (χ2v) is 4.19. The van der Waals surface area contributed by atoms with Crippen molar-refractivity contribution in [2.45, 2.75) is 27.7 Å². The third-order valence-electron chi connectivity index (χ3n) is 2.85. The maximum Gasteiger partial charge on any atom is 0.258 e. The Morgan fingerprint density at radius 1 is 1.10 bits per heavy atom. The minimum atomic E-state index is 0.296. The van der Waals surface area contributed by atoms with Gasteiger partial charge in [0.05, 0.1) is 0 Å². The van der Waals surface area contributed by atoms with Crippen molar-refractivity contribution >= 4 is 11.9 Å². The maximum absolute atomic E-state index is 5.43. The Bertz CT molecular complexity index is 588. The average Bonchev–Trinajstić information content (AvgIpc) is 2.79. The molecule has 0 aliphatic rings. The number of anilines is 2. The number of nitrogens with one attached hydrogen (secondary N) is 1. The number of hydrogen-bond acceptors (Lipinski definition) is 8. The molecule has 20 heavy (non-hydrogen) atoms. The van der Waals surface area contributed by atoms with Crippen molar-refractivity contribution in [1.82, 2.24) is 29.7 Å². The van der Waals surface area contributed by atoms with Crippen molar-refractivity contribution in [2.75, 3.05) is 23.4 Å². The van der Waals surface area contributed by atoms with Crippen LogP contribution in [0.5, 0.6) is 0 Å². The van der Waals surface area contributed by atoms with Crippen LogP contribution in [-0.2, 0) is 0 Å². The van der Waals surface area contributed by atoms with Crippen LogP contribution in [0, 0.1) is 13.8 Å². The first-order chi connectivity index (χ1) is 9.58. The fraction of sp³-hybridized carbons (Fsp3) is 0.545. The van der Waals surface area contributed by atoms with Gasteiger partial charge in [0.25, 0.3) is 5.95 Å². The van der Waals surface area contributed by atoms with Gasteiger partial charge in [-0.05, 0) is 27.7 Å². The molecular weight excluding hydrogens is 258 g/mol. The second-order valence-electron chi connectivity index (χ2n) is 4.19. The minimum absolute atomic E-state index is 0.296. The number of aryl methyl sites for hydroxylation is 2. The highest BCUT2D eigenvalue weighted by Crippen LogP contribution is 2.13. The molecule has 3 N–H and O–H groups in total. The van der Waals surface area contributed by atoms with Crippen LogP contribution in [0.1, 0.15) is 25.5 Å². The monoisotopic (exact) mass is 277 g/mol. The molecule has 9 nitrogen and oxygen atoms in total. The summed E-state index contributed by atoms with van der Waals surface area (Å²) in [6.07, 6.45) is 0. The Balaban J connectivity index is 2.53. The van der Waals surface area contributed by atoms with E-state index in [1.54, 1.807) is 4.68 Å². The molecule has 0 saturated carbocycles. The van der Waals surface area contributed by atoms with Crippen molar-refractivity contribution in [2.24, 2.45) is 5.84 Å². The van der Waals surface area contributed by atoms with Gasteiger partial charge in [-0.15, -0.1) is 5.10 Å². The van der Waals surface area contributed by atoms with Crippen LogP contribution in [-0.4, -0.2) is 42.8 Å². The normalized spacial score (nSPS) is 10.7. The summed E-state index contributed by atoms with van der Waals surface area (Å²) in [5.41, 5.74) is 2.46. The fourth-order valence-corrected chi connectivity index (χ4v) is 1.87. The summed E-state index contributed by atoms with van der Waals surface area (Å²) >= 11 is 0. The largest absolute Gasteiger partial charge is 0.341 e. The van der Waals surface area contributed by atoms with Gasteiger partial charge in [-0.2, -0.15) is 19.6 Å². The number of rotatable bonds is 5. The zero-order chi connectivity index (χ0) is 14.7. The van der Waals surface area contributed by atoms with Crippen LogP contribution in [0.2, 0.25) is 0 Å². The molecule has 2 aromatic rings. The Morgan fingerprint density at radius 3 is 2.30 bits per heavy atom. The Morgan fingerprint density at radius 2 is 1.80 bits per heavy atom. The number of nitrogens with two attached hydrogens (primary N) is 1. The van der Waals surface area contributed by atoms with E-state index in [1.165, 1.54) is 0 Å². The molecule has 0 saturated heterocycles. The number of aromatic nitrogens is 6. The third kappa shape index (κ3) is 2.67. The maximum atomic E-state index is 5.43. The van der Waals surface area contributed by atoms with E-state index in [9.17, 15) is 0 Å². The van der Waals surface area contributed by atoms with Crippen molar-refractivity contribution in [3.63, 3.8) is 0 Å². The lowest BCUT2D eigenvalue weighted by Gasteiger charge is -2.19. The van der Waals surface area contributed by atoms with Gasteiger partial charge in [-0.3, -0.25) is 5.43 Å². The molecule has 0 unspecified atom stereocenters. The summed E-state index contributed by atoms with van der Waals surface area (Å²) in [5, 5.41) is 4.27. The van der Waals surface area contributed by atoms with Crippen LogP contribution in [0.15, 0.2) is 0 Å². The molecule has 0 fully saturated rings. The van der Waals surface area contributed by atoms with E-state index in [4.69, 9.17) is 5.84 Å². The molecule has 2 rings (SSSR count). The van der Waals surface area contributed by atoms with Gasteiger partial charge >= 0.3 is 0 Å². The molecule has 0 aromatic carbocycles. The van der Waals surface area contributed by atoms with E-state index in [-0.39, 0.29) is 0 Å². The summed E-state index contributed by atoms with van der Waals surface area (Å²) in [5.74, 6) is 8.05. The number of hydrogen-bond donors (Lipinski definition) is 2. The Kier molecular flexibility index (Phi) is 4.08. The SMILES string of the molecule is CCN(CC)c1nc(NN)nc(-n2nc(C)nc2C)n1. The molecule has 0 aliphatic heterocycles. The van der Waals surface area contributed by atoms with Crippen molar-refractivity contribution < 1.29 is 0 Å². The topological polar surface area (TPSA) is 111 Å². The van der Waals surface area contributed by atoms with Crippen LogP contribution in [0.25, 0.3) is 5.95 Å². The van der Waals surface area contributed by atoms with Crippen molar-refractivity contribution in [1.29, 1.82) is 0 Å². The standard InChI is InChI=1S/C11H19N9/c1-5-19(6-2)10-14-9(17-12)15-11(16-10)20-8(4)13-7(3)18-20/h5-6,12H2,1-4H3,(H,14,15,16,17). The third-order valence-corrected chi connectivity index (χ3v) is 2.85. The molecule has 0 amide bonds. The molecule has 2 aromatic heterocycles. The van der Waals surface area contributed by atoms with Gasteiger partial charge < -0.3 is 4.90 Å². The number of nitrogens with zero attached hydrogens (tertiary/aromatic N) is 7. The van der Waals surface area contributed by atoms with Gasteiger partial charge in [0.15, 0.2) is 0 Å². The first kappa shape index (κ1) is 14.1. The van der Waals surface area contributed by atoms with Crippen LogP contribution in [0.4, 0.5) is 11.9 Å². The smallest absolute Gasteiger partial charge is 0.258 e. The summed E-state index contributed by atoms with van der Waals surface area (Å²) in [6.45, 7) is 9.31. The lowest BCUT2D eigenvalue weighted by atomic mass is 10.5. The molecular formula is C11H19N9. The van der Waals surface area contributed by atoms with E-state index in [0.29, 0.717) is 29.5 Å². The van der Waals surface area contributed by atoms with Crippen molar-refractivity contribution in [3.05, 3.63) is 11.6 Å². The Labute approximate surface area is 117 Å². The van der Waals surface area contributed by atoms with E-state index in [2.05, 4.69) is 30.5 Å². The van der Waals surface area contributed by atoms with E-state index < -0.39 is 0 Å². The second kappa shape index (κ2) is 5.78. The number of hydrazine groups is 1. The highest BCUT2D eigenvalue weighted by molar-refractivity contribution is 5.39. The molecule has 0 radical (unpaired) electrons. The summed E-state index contributed by atoms with van der Waals surface area (Å²) < 4.78 is 1.57. The quantitative estimate of drug-likeness (QED) is 0.589. The van der Waals surface area contributed by atoms with Gasteiger partial charge in [-0.1, -0.05) is 0 Å². The average molecular weight is 277 g/mol. The molecule has 9 heteroatoms. The summed E-state index contributed by atoms with van der Waals surface area (Å²) in [7, 11) is 0. The molecule has 0 atom stereocenters. The van der Waals surface area contributed by atoms with Gasteiger partial charge in [0, 0.05) is 13.1 Å². The van der Waals surface area contributed by atoms with E-state index >= 15 is 0 Å². The minimum Gasteiger partial charge on any atom is -0.341 e. The summed E-state index contributed by atoms with van der Waals surface area (Å²) in [6, 6.07) is 0. The lowest BCUT2D eigenvalue weighted by Crippen LogP contribution is -2.26. The van der Waals surface area contributed by atoms with E-state index in [0.717, 1.165) is 13.1 Å². The van der Waals surface area contributed by atoms with Crippen LogP contribution >= 0.6 is 0 Å². The highest BCUT2D eigenvalue weighted by atomic mass is 15.4. The first-order valence-corrected chi connectivity index (χ1v) is 6.47. The molecule has 0 spiro atoms. The zero-order valence-electron chi connectivity index (χ0n) is 12.1. The fourth-order valence-electron chi connectivity index (χ4n) is 1.87. The van der Waals surface area contributed by atoms with Gasteiger partial charge in [0.2, 0.25) is 11.9 Å². The molecule has 2 heterocycles.